The summed E-state index contributed by atoms with van der Waals surface area (Å²) in [4.78, 5) is 21.5. The number of carboxylic acid groups (broad SMARTS) is 1. The van der Waals surface area contributed by atoms with E-state index in [1.54, 1.807) is 25.1 Å². The van der Waals surface area contributed by atoms with E-state index in [4.69, 9.17) is 14.6 Å². The highest BCUT2D eigenvalue weighted by Gasteiger charge is 2.21. The number of nitrogens with one attached hydrogen (secondary N) is 1. The third-order valence-corrected chi connectivity index (χ3v) is 3.30. The van der Waals surface area contributed by atoms with Crippen LogP contribution in [0, 0.1) is 10.1 Å². The maximum absolute atomic E-state index is 11.3. The minimum absolute atomic E-state index is 0.0642. The Morgan fingerprint density at radius 1 is 1.35 bits per heavy atom. The number of aromatic carboxylic acids is 1. The second-order valence-corrected chi connectivity index (χ2v) is 5.01. The van der Waals surface area contributed by atoms with Crippen LogP contribution in [0.25, 0.3) is 0 Å². The van der Waals surface area contributed by atoms with Gasteiger partial charge in [-0.2, -0.15) is 5.10 Å². The molecule has 2 rings (SSSR count). The highest BCUT2D eigenvalue weighted by molar-refractivity contribution is 5.88. The van der Waals surface area contributed by atoms with Crippen LogP contribution < -0.4 is 14.9 Å². The average molecular weight is 359 g/mol. The summed E-state index contributed by atoms with van der Waals surface area (Å²) in [6.07, 6.45) is 1.39. The Morgan fingerprint density at radius 3 is 2.58 bits per heavy atom. The first-order chi connectivity index (χ1) is 12.5. The lowest BCUT2D eigenvalue weighted by atomic mass is 10.2. The lowest BCUT2D eigenvalue weighted by molar-refractivity contribution is -0.385. The number of nitro benzene ring substituents is 1. The van der Waals surface area contributed by atoms with Crippen LogP contribution in [0.5, 0.6) is 11.5 Å². The van der Waals surface area contributed by atoms with Gasteiger partial charge in [0, 0.05) is 11.6 Å². The quantitative estimate of drug-likeness (QED) is 0.421. The molecule has 0 atom stereocenters. The molecule has 0 unspecified atom stereocenters. The van der Waals surface area contributed by atoms with Crippen LogP contribution in [0.4, 0.5) is 11.4 Å². The summed E-state index contributed by atoms with van der Waals surface area (Å²) in [6, 6.07) is 8.88. The van der Waals surface area contributed by atoms with Crippen molar-refractivity contribution in [2.75, 3.05) is 19.1 Å². The molecule has 0 aromatic heterocycles. The predicted molar refractivity (Wildman–Crippen MR) is 95.4 cm³/mol. The van der Waals surface area contributed by atoms with E-state index < -0.39 is 10.9 Å². The number of methoxy groups -OCH3 is 1. The van der Waals surface area contributed by atoms with Crippen molar-refractivity contribution in [2.45, 2.75) is 6.92 Å². The maximum atomic E-state index is 11.3. The molecular weight excluding hydrogens is 342 g/mol. The molecule has 0 saturated heterocycles. The van der Waals surface area contributed by atoms with Crippen molar-refractivity contribution >= 4 is 23.6 Å². The van der Waals surface area contributed by atoms with Gasteiger partial charge in [0.2, 0.25) is 5.75 Å². The number of nitrogens with zero attached hydrogens (tertiary/aromatic N) is 2. The van der Waals surface area contributed by atoms with Gasteiger partial charge in [0.05, 0.1) is 36.1 Å². The van der Waals surface area contributed by atoms with Crippen molar-refractivity contribution in [3.05, 3.63) is 57.6 Å². The zero-order valence-electron chi connectivity index (χ0n) is 14.1. The topological polar surface area (TPSA) is 123 Å². The highest BCUT2D eigenvalue weighted by Crippen LogP contribution is 2.37. The monoisotopic (exact) mass is 359 g/mol. The second kappa shape index (κ2) is 8.47. The molecule has 136 valence electrons. The Hall–Kier alpha value is -3.62. The first-order valence-electron chi connectivity index (χ1n) is 7.58. The molecule has 0 saturated carbocycles. The van der Waals surface area contributed by atoms with Crippen molar-refractivity contribution in [2.24, 2.45) is 5.10 Å². The summed E-state index contributed by atoms with van der Waals surface area (Å²) in [7, 11) is 1.39. The van der Waals surface area contributed by atoms with E-state index in [1.165, 1.54) is 31.5 Å². The van der Waals surface area contributed by atoms with Crippen molar-refractivity contribution in [3.8, 4) is 11.5 Å². The van der Waals surface area contributed by atoms with Gasteiger partial charge in [-0.05, 0) is 37.3 Å². The summed E-state index contributed by atoms with van der Waals surface area (Å²) < 4.78 is 10.5. The number of rotatable bonds is 8. The van der Waals surface area contributed by atoms with E-state index >= 15 is 0 Å². The van der Waals surface area contributed by atoms with Crippen LogP contribution >= 0.6 is 0 Å². The Bertz CT molecular complexity index is 833. The molecule has 2 aromatic carbocycles. The number of carbonyl (C=O) groups is 1. The average Bonchev–Trinajstić information content (AvgIpc) is 2.62. The third-order valence-electron chi connectivity index (χ3n) is 3.30. The molecule has 0 amide bonds. The zero-order valence-corrected chi connectivity index (χ0v) is 14.1. The number of benzene rings is 2. The SMILES string of the molecule is CCOc1c(OC)cc(C=NNc2ccc(C(=O)O)cc2)cc1[N+](=O)[O-]. The Morgan fingerprint density at radius 2 is 2.04 bits per heavy atom. The van der Waals surface area contributed by atoms with Gasteiger partial charge in [-0.3, -0.25) is 15.5 Å². The van der Waals surface area contributed by atoms with Crippen molar-refractivity contribution < 1.29 is 24.3 Å². The second-order valence-electron chi connectivity index (χ2n) is 5.01. The zero-order chi connectivity index (χ0) is 19.1. The largest absolute Gasteiger partial charge is 0.493 e. The summed E-state index contributed by atoms with van der Waals surface area (Å²) in [6.45, 7) is 1.98. The van der Waals surface area contributed by atoms with Crippen LogP contribution in [0.15, 0.2) is 41.5 Å². The van der Waals surface area contributed by atoms with Crippen LogP contribution in [0.1, 0.15) is 22.8 Å². The highest BCUT2D eigenvalue weighted by atomic mass is 16.6. The standard InChI is InChI=1S/C17H17N3O6/c1-3-26-16-14(20(23)24)8-11(9-15(16)25-2)10-18-19-13-6-4-12(5-7-13)17(21)22/h4-10,19H,3H2,1-2H3,(H,21,22). The molecule has 2 N–H and O–H groups in total. The van der Waals surface area contributed by atoms with Crippen LogP contribution in [0.3, 0.4) is 0 Å². The van der Waals surface area contributed by atoms with Gasteiger partial charge in [0.15, 0.2) is 5.75 Å². The molecule has 26 heavy (non-hydrogen) atoms. The van der Waals surface area contributed by atoms with E-state index in [9.17, 15) is 14.9 Å². The maximum Gasteiger partial charge on any atom is 0.335 e. The number of hydrogen-bond acceptors (Lipinski definition) is 7. The lowest BCUT2D eigenvalue weighted by Crippen LogP contribution is -2.02. The molecule has 0 aliphatic rings. The number of hydrazone groups is 1. The fraction of sp³-hybridized carbons (Fsp3) is 0.176. The summed E-state index contributed by atoms with van der Waals surface area (Å²) in [5.74, 6) is -0.725. The van der Waals surface area contributed by atoms with Gasteiger partial charge in [-0.15, -0.1) is 0 Å². The Kier molecular flexibility index (Phi) is 6.10. The summed E-state index contributed by atoms with van der Waals surface area (Å²) in [5, 5.41) is 24.1. The molecule has 0 radical (unpaired) electrons. The van der Waals surface area contributed by atoms with E-state index in [0.29, 0.717) is 11.3 Å². The molecule has 0 heterocycles. The lowest BCUT2D eigenvalue weighted by Gasteiger charge is -2.10. The van der Waals surface area contributed by atoms with Crippen LogP contribution in [-0.2, 0) is 0 Å². The number of carboxylic acids is 1. The smallest absolute Gasteiger partial charge is 0.335 e. The Balaban J connectivity index is 2.22. The third kappa shape index (κ3) is 4.47. The number of hydrogen-bond donors (Lipinski definition) is 2. The molecule has 2 aromatic rings. The number of ether oxygens (including phenoxy) is 2. The molecule has 0 fully saturated rings. The van der Waals surface area contributed by atoms with E-state index in [2.05, 4.69) is 10.5 Å². The van der Waals surface area contributed by atoms with Crippen LogP contribution in [0.2, 0.25) is 0 Å². The van der Waals surface area contributed by atoms with Crippen LogP contribution in [-0.4, -0.2) is 35.9 Å². The fourth-order valence-corrected chi connectivity index (χ4v) is 2.13. The normalized spacial score (nSPS) is 10.5. The number of anilines is 1. The first-order valence-corrected chi connectivity index (χ1v) is 7.58. The molecule has 0 aliphatic carbocycles. The summed E-state index contributed by atoms with van der Waals surface area (Å²) >= 11 is 0. The first kappa shape index (κ1) is 18.7. The number of nitro groups is 1. The molecule has 0 aliphatic heterocycles. The van der Waals surface area contributed by atoms with Gasteiger partial charge >= 0.3 is 11.7 Å². The molecular formula is C17H17N3O6. The molecule has 9 nitrogen and oxygen atoms in total. The van der Waals surface area contributed by atoms with Crippen molar-refractivity contribution in [1.29, 1.82) is 0 Å². The minimum Gasteiger partial charge on any atom is -0.493 e. The molecule has 9 heteroatoms. The Labute approximate surface area is 149 Å². The van der Waals surface area contributed by atoms with Gasteiger partial charge in [0.25, 0.3) is 0 Å². The fourth-order valence-electron chi connectivity index (χ4n) is 2.13. The summed E-state index contributed by atoms with van der Waals surface area (Å²) in [5.41, 5.74) is 3.66. The van der Waals surface area contributed by atoms with Crippen molar-refractivity contribution in [3.63, 3.8) is 0 Å². The van der Waals surface area contributed by atoms with E-state index in [-0.39, 0.29) is 29.4 Å². The molecule has 0 bridgehead atoms. The molecule has 0 spiro atoms. The van der Waals surface area contributed by atoms with Gasteiger partial charge in [0.1, 0.15) is 0 Å². The van der Waals surface area contributed by atoms with E-state index in [1.807, 2.05) is 0 Å². The predicted octanol–water partition coefficient (Wildman–Crippen LogP) is 3.15. The van der Waals surface area contributed by atoms with Gasteiger partial charge < -0.3 is 14.6 Å². The van der Waals surface area contributed by atoms with Gasteiger partial charge in [-0.1, -0.05) is 0 Å². The minimum atomic E-state index is -1.02. The van der Waals surface area contributed by atoms with Gasteiger partial charge in [-0.25, -0.2) is 4.79 Å². The van der Waals surface area contributed by atoms with E-state index in [0.717, 1.165) is 0 Å². The van der Waals surface area contributed by atoms with Crippen molar-refractivity contribution in [1.82, 2.24) is 0 Å².